The third-order valence-corrected chi connectivity index (χ3v) is 3.68. The summed E-state index contributed by atoms with van der Waals surface area (Å²) in [6.07, 6.45) is 2.05. The lowest BCUT2D eigenvalue weighted by Crippen LogP contribution is -2.55. The maximum absolute atomic E-state index is 11.8. The highest BCUT2D eigenvalue weighted by Crippen LogP contribution is 2.26. The average Bonchev–Trinajstić information content (AvgIpc) is 2.33. The van der Waals surface area contributed by atoms with Crippen molar-refractivity contribution in [1.29, 1.82) is 0 Å². The fourth-order valence-electron chi connectivity index (χ4n) is 1.94. The quantitative estimate of drug-likeness (QED) is 0.818. The number of nitrogens with one attached hydrogen (secondary N) is 1. The van der Waals surface area contributed by atoms with Gasteiger partial charge in [-0.3, -0.25) is 4.90 Å². The van der Waals surface area contributed by atoms with E-state index in [0.29, 0.717) is 0 Å². The van der Waals surface area contributed by atoms with Gasteiger partial charge in [-0.1, -0.05) is 13.8 Å². The highest BCUT2D eigenvalue weighted by molar-refractivity contribution is 7.98. The van der Waals surface area contributed by atoms with Crippen LogP contribution in [0.3, 0.4) is 0 Å². The molecule has 92 valence electrons. The lowest BCUT2D eigenvalue weighted by Gasteiger charge is -2.38. The van der Waals surface area contributed by atoms with Crippen LogP contribution in [-0.4, -0.2) is 25.4 Å². The average molecular weight is 250 g/mol. The Morgan fingerprint density at radius 1 is 1.29 bits per heavy atom. The van der Waals surface area contributed by atoms with E-state index in [1.807, 2.05) is 23.3 Å². The van der Waals surface area contributed by atoms with Gasteiger partial charge >= 0.3 is 6.03 Å². The molecule has 0 aromatic heterocycles. The molecule has 1 N–H and O–H groups in total. The smallest absolute Gasteiger partial charge is 0.321 e. The molecule has 0 bridgehead atoms. The lowest BCUT2D eigenvalue weighted by molar-refractivity contribution is 0.224. The molecule has 1 aromatic rings. The number of hydrogen-bond donors (Lipinski definition) is 1. The molecule has 0 saturated carbocycles. The van der Waals surface area contributed by atoms with Gasteiger partial charge in [0, 0.05) is 29.1 Å². The molecular weight excluding hydrogens is 232 g/mol. The predicted octanol–water partition coefficient (Wildman–Crippen LogP) is 2.96. The van der Waals surface area contributed by atoms with E-state index in [4.69, 9.17) is 0 Å². The Hall–Kier alpha value is -1.16. The summed E-state index contributed by atoms with van der Waals surface area (Å²) in [5.74, 6) is 0. The molecule has 2 rings (SSSR count). The zero-order valence-corrected chi connectivity index (χ0v) is 11.3. The number of carbonyl (C=O) groups excluding carboxylic acids is 1. The number of carbonyl (C=O) groups is 1. The standard InChI is InChI=1S/C13H18N2OS/c1-13(2)8-14-12(16)15(9-13)10-4-6-11(17-3)7-5-10/h4-7H,8-9H2,1-3H3,(H,14,16). The second-order valence-electron chi connectivity index (χ2n) is 5.11. The Morgan fingerprint density at radius 2 is 1.94 bits per heavy atom. The van der Waals surface area contributed by atoms with Gasteiger partial charge in [0.1, 0.15) is 0 Å². The number of hydrogen-bond acceptors (Lipinski definition) is 2. The third-order valence-electron chi connectivity index (χ3n) is 2.93. The number of amides is 2. The number of thioether (sulfide) groups is 1. The molecule has 17 heavy (non-hydrogen) atoms. The Kier molecular flexibility index (Phi) is 3.33. The van der Waals surface area contributed by atoms with Crippen LogP contribution < -0.4 is 10.2 Å². The first kappa shape index (κ1) is 12.3. The SMILES string of the molecule is CSc1ccc(N2CC(C)(C)CNC2=O)cc1. The van der Waals surface area contributed by atoms with Gasteiger partial charge in [0.05, 0.1) is 0 Å². The normalized spacial score (nSPS) is 19.0. The molecule has 0 aliphatic carbocycles. The summed E-state index contributed by atoms with van der Waals surface area (Å²) in [4.78, 5) is 14.9. The highest BCUT2D eigenvalue weighted by atomic mass is 32.2. The van der Waals surface area contributed by atoms with Crippen LogP contribution in [-0.2, 0) is 0 Å². The number of urea groups is 1. The molecule has 0 radical (unpaired) electrons. The van der Waals surface area contributed by atoms with Crippen LogP contribution in [0.25, 0.3) is 0 Å². The van der Waals surface area contributed by atoms with Crippen molar-refractivity contribution in [2.75, 3.05) is 24.2 Å². The van der Waals surface area contributed by atoms with Crippen molar-refractivity contribution >= 4 is 23.5 Å². The Bertz CT molecular complexity index is 414. The Balaban J connectivity index is 2.21. The monoisotopic (exact) mass is 250 g/mol. The van der Waals surface area contributed by atoms with E-state index in [1.54, 1.807) is 11.8 Å². The molecular formula is C13H18N2OS. The van der Waals surface area contributed by atoms with Crippen molar-refractivity contribution in [1.82, 2.24) is 5.32 Å². The molecule has 1 aliphatic heterocycles. The summed E-state index contributed by atoms with van der Waals surface area (Å²) in [5, 5.41) is 2.93. The van der Waals surface area contributed by atoms with Crippen LogP contribution >= 0.6 is 11.8 Å². The zero-order valence-electron chi connectivity index (χ0n) is 10.5. The fraction of sp³-hybridized carbons (Fsp3) is 0.462. The summed E-state index contributed by atoms with van der Waals surface area (Å²) in [7, 11) is 0. The van der Waals surface area contributed by atoms with Crippen molar-refractivity contribution in [3.8, 4) is 0 Å². The molecule has 1 heterocycles. The van der Waals surface area contributed by atoms with Crippen molar-refractivity contribution < 1.29 is 4.79 Å². The molecule has 1 aromatic carbocycles. The minimum Gasteiger partial charge on any atom is -0.337 e. The van der Waals surface area contributed by atoms with E-state index < -0.39 is 0 Å². The molecule has 1 saturated heterocycles. The van der Waals surface area contributed by atoms with Crippen LogP contribution in [0, 0.1) is 5.41 Å². The van der Waals surface area contributed by atoms with Gasteiger partial charge in [-0.05, 0) is 30.5 Å². The molecule has 1 aliphatic rings. The Labute approximate surface area is 107 Å². The summed E-state index contributed by atoms with van der Waals surface area (Å²) < 4.78 is 0. The topological polar surface area (TPSA) is 32.3 Å². The maximum Gasteiger partial charge on any atom is 0.321 e. The van der Waals surface area contributed by atoms with E-state index in [-0.39, 0.29) is 11.4 Å². The zero-order chi connectivity index (χ0) is 12.5. The summed E-state index contributed by atoms with van der Waals surface area (Å²) in [6.45, 7) is 5.83. The second kappa shape index (κ2) is 4.61. The van der Waals surface area contributed by atoms with E-state index >= 15 is 0 Å². The van der Waals surface area contributed by atoms with Crippen LogP contribution in [0.4, 0.5) is 10.5 Å². The van der Waals surface area contributed by atoms with Crippen molar-refractivity contribution in [2.24, 2.45) is 5.41 Å². The summed E-state index contributed by atoms with van der Waals surface area (Å²) >= 11 is 1.71. The van der Waals surface area contributed by atoms with Crippen molar-refractivity contribution in [3.05, 3.63) is 24.3 Å². The number of anilines is 1. The molecule has 0 spiro atoms. The van der Waals surface area contributed by atoms with Gasteiger partial charge in [-0.25, -0.2) is 4.79 Å². The number of rotatable bonds is 2. The van der Waals surface area contributed by atoms with E-state index in [0.717, 1.165) is 18.8 Å². The lowest BCUT2D eigenvalue weighted by atomic mass is 9.91. The van der Waals surface area contributed by atoms with Gasteiger partial charge in [0.25, 0.3) is 0 Å². The van der Waals surface area contributed by atoms with Gasteiger partial charge in [0.2, 0.25) is 0 Å². The highest BCUT2D eigenvalue weighted by Gasteiger charge is 2.31. The number of benzene rings is 1. The minimum atomic E-state index is 0.00114. The van der Waals surface area contributed by atoms with E-state index in [1.165, 1.54) is 4.90 Å². The first-order valence-corrected chi connectivity index (χ1v) is 6.94. The number of nitrogens with zero attached hydrogens (tertiary/aromatic N) is 1. The van der Waals surface area contributed by atoms with Gasteiger partial charge in [-0.15, -0.1) is 11.8 Å². The fourth-order valence-corrected chi connectivity index (χ4v) is 2.35. The van der Waals surface area contributed by atoms with Crippen molar-refractivity contribution in [2.45, 2.75) is 18.7 Å². The van der Waals surface area contributed by atoms with E-state index in [2.05, 4.69) is 31.3 Å². The minimum absolute atomic E-state index is 0.00114. The second-order valence-corrected chi connectivity index (χ2v) is 5.99. The van der Waals surface area contributed by atoms with Crippen LogP contribution in [0.15, 0.2) is 29.2 Å². The molecule has 2 amide bonds. The molecule has 0 unspecified atom stereocenters. The molecule has 4 heteroatoms. The van der Waals surface area contributed by atoms with Gasteiger partial charge < -0.3 is 5.32 Å². The molecule has 1 fully saturated rings. The molecule has 3 nitrogen and oxygen atoms in total. The predicted molar refractivity (Wildman–Crippen MR) is 72.7 cm³/mol. The Morgan fingerprint density at radius 3 is 2.53 bits per heavy atom. The molecule has 0 atom stereocenters. The summed E-state index contributed by atoms with van der Waals surface area (Å²) in [6, 6.07) is 8.12. The third kappa shape index (κ3) is 2.75. The van der Waals surface area contributed by atoms with Gasteiger partial charge in [-0.2, -0.15) is 0 Å². The summed E-state index contributed by atoms with van der Waals surface area (Å²) in [5.41, 5.74) is 1.08. The van der Waals surface area contributed by atoms with Crippen LogP contribution in [0.2, 0.25) is 0 Å². The first-order chi connectivity index (χ1) is 8.02. The largest absolute Gasteiger partial charge is 0.337 e. The first-order valence-electron chi connectivity index (χ1n) is 5.71. The van der Waals surface area contributed by atoms with Crippen molar-refractivity contribution in [3.63, 3.8) is 0 Å². The van der Waals surface area contributed by atoms with Crippen LogP contribution in [0.1, 0.15) is 13.8 Å². The van der Waals surface area contributed by atoms with Gasteiger partial charge in [0.15, 0.2) is 0 Å². The van der Waals surface area contributed by atoms with Crippen LogP contribution in [0.5, 0.6) is 0 Å². The maximum atomic E-state index is 11.8. The van der Waals surface area contributed by atoms with E-state index in [9.17, 15) is 4.79 Å².